The summed E-state index contributed by atoms with van der Waals surface area (Å²) in [6.45, 7) is 1.71. The minimum atomic E-state index is -4.54. The maximum atomic E-state index is 13.0. The molecule has 1 N–H and O–H groups in total. The van der Waals surface area contributed by atoms with Crippen molar-refractivity contribution in [3.05, 3.63) is 18.1 Å². The molecule has 0 unspecified atom stereocenters. The lowest BCUT2D eigenvalue weighted by atomic mass is 9.90. The Labute approximate surface area is 135 Å². The predicted octanol–water partition coefficient (Wildman–Crippen LogP) is 1.89. The number of aromatic nitrogens is 4. The maximum Gasteiger partial charge on any atom is 0.433 e. The van der Waals surface area contributed by atoms with Gasteiger partial charge in [-0.3, -0.25) is 0 Å². The van der Waals surface area contributed by atoms with Crippen LogP contribution < -0.4 is 5.32 Å². The second-order valence-corrected chi connectivity index (χ2v) is 6.16. The van der Waals surface area contributed by atoms with Crippen molar-refractivity contribution >= 4 is 11.6 Å². The second-order valence-electron chi connectivity index (χ2n) is 6.16. The van der Waals surface area contributed by atoms with E-state index in [1.807, 2.05) is 0 Å². The molecule has 1 spiro atoms. The Morgan fingerprint density at radius 2 is 2.21 bits per heavy atom. The molecule has 2 aliphatic heterocycles. The van der Waals surface area contributed by atoms with E-state index < -0.39 is 11.9 Å². The molecule has 7 nitrogen and oxygen atoms in total. The molecule has 2 aromatic heterocycles. The van der Waals surface area contributed by atoms with Crippen LogP contribution in [-0.4, -0.2) is 51.0 Å². The molecule has 2 aromatic rings. The number of hydrogen-bond acceptors (Lipinski definition) is 6. The average molecular weight is 343 g/mol. The predicted molar refractivity (Wildman–Crippen MR) is 76.5 cm³/mol. The van der Waals surface area contributed by atoms with Crippen LogP contribution >= 0.6 is 0 Å². The highest BCUT2D eigenvalue weighted by Gasteiger charge is 2.41. The number of nitrogens with zero attached hydrogens (tertiary/aromatic N) is 4. The Hall–Kier alpha value is -1.94. The van der Waals surface area contributed by atoms with E-state index in [4.69, 9.17) is 9.47 Å². The van der Waals surface area contributed by atoms with Crippen LogP contribution in [0.25, 0.3) is 5.78 Å². The van der Waals surface area contributed by atoms with Crippen molar-refractivity contribution in [3.8, 4) is 0 Å². The van der Waals surface area contributed by atoms with Crippen LogP contribution in [0, 0.1) is 0 Å². The molecular formula is C14H16F3N5O2. The molecule has 0 amide bonds. The van der Waals surface area contributed by atoms with Gasteiger partial charge in [-0.05, 0) is 12.8 Å². The average Bonchev–Trinajstić information content (AvgIpc) is 3.16. The van der Waals surface area contributed by atoms with E-state index in [-0.39, 0.29) is 23.2 Å². The Balaban J connectivity index is 1.62. The zero-order chi connectivity index (χ0) is 16.8. The second kappa shape index (κ2) is 5.55. The summed E-state index contributed by atoms with van der Waals surface area (Å²) in [4.78, 5) is 7.28. The van der Waals surface area contributed by atoms with Crippen LogP contribution in [0.2, 0.25) is 0 Å². The fourth-order valence-corrected chi connectivity index (χ4v) is 3.28. The lowest BCUT2D eigenvalue weighted by Gasteiger charge is -2.37. The molecule has 2 atom stereocenters. The smallest absolute Gasteiger partial charge is 0.378 e. The Kier molecular flexibility index (Phi) is 3.61. The van der Waals surface area contributed by atoms with E-state index >= 15 is 0 Å². The summed E-state index contributed by atoms with van der Waals surface area (Å²) in [5, 5.41) is 7.11. The molecule has 0 saturated carbocycles. The lowest BCUT2D eigenvalue weighted by molar-refractivity contribution is -0.141. The molecular weight excluding hydrogens is 327 g/mol. The van der Waals surface area contributed by atoms with Crippen molar-refractivity contribution in [1.82, 2.24) is 19.6 Å². The quantitative estimate of drug-likeness (QED) is 0.898. The first-order valence-corrected chi connectivity index (χ1v) is 7.71. The number of hydrogen-bond donors (Lipinski definition) is 1. The molecule has 2 saturated heterocycles. The summed E-state index contributed by atoms with van der Waals surface area (Å²) in [6, 6.07) is 0.936. The third-order valence-corrected chi connectivity index (χ3v) is 4.45. The van der Waals surface area contributed by atoms with E-state index in [9.17, 15) is 13.2 Å². The zero-order valence-corrected chi connectivity index (χ0v) is 12.7. The fourth-order valence-electron chi connectivity index (χ4n) is 3.28. The van der Waals surface area contributed by atoms with Gasteiger partial charge in [0.05, 0.1) is 12.2 Å². The minimum Gasteiger partial charge on any atom is -0.378 e. The van der Waals surface area contributed by atoms with Gasteiger partial charge in [0.15, 0.2) is 5.69 Å². The third kappa shape index (κ3) is 2.80. The Morgan fingerprint density at radius 1 is 1.33 bits per heavy atom. The van der Waals surface area contributed by atoms with E-state index in [0.29, 0.717) is 32.7 Å². The monoisotopic (exact) mass is 343 g/mol. The number of ether oxygens (including phenoxy) is 2. The van der Waals surface area contributed by atoms with Gasteiger partial charge in [0.1, 0.15) is 12.1 Å². The van der Waals surface area contributed by atoms with E-state index in [2.05, 4.69) is 20.4 Å². The minimum absolute atomic E-state index is 0.0312. The highest BCUT2D eigenvalue weighted by Crippen LogP contribution is 2.35. The summed E-state index contributed by atoms with van der Waals surface area (Å²) < 4.78 is 51.7. The summed E-state index contributed by atoms with van der Waals surface area (Å²) in [7, 11) is 0. The van der Waals surface area contributed by atoms with Crippen molar-refractivity contribution in [2.24, 2.45) is 0 Å². The molecule has 24 heavy (non-hydrogen) atoms. The van der Waals surface area contributed by atoms with Crippen LogP contribution in [0.5, 0.6) is 0 Å². The largest absolute Gasteiger partial charge is 0.433 e. The van der Waals surface area contributed by atoms with Gasteiger partial charge in [0, 0.05) is 31.7 Å². The number of fused-ring (bicyclic) bond motifs is 1. The summed E-state index contributed by atoms with van der Waals surface area (Å²) in [6.07, 6.45) is -1.19. The molecule has 4 rings (SSSR count). The van der Waals surface area contributed by atoms with Crippen LogP contribution in [0.15, 0.2) is 12.4 Å². The normalized spacial score (nSPS) is 27.9. The van der Waals surface area contributed by atoms with E-state index in [1.54, 1.807) is 0 Å². The van der Waals surface area contributed by atoms with E-state index in [0.717, 1.165) is 12.5 Å². The maximum absolute atomic E-state index is 13.0. The van der Waals surface area contributed by atoms with Gasteiger partial charge in [-0.15, -0.1) is 0 Å². The first-order chi connectivity index (χ1) is 11.5. The molecule has 0 radical (unpaired) electrons. The lowest BCUT2D eigenvalue weighted by Crippen LogP contribution is -2.45. The Morgan fingerprint density at radius 3 is 2.96 bits per heavy atom. The molecule has 0 bridgehead atoms. The summed E-state index contributed by atoms with van der Waals surface area (Å²) >= 11 is 0. The topological polar surface area (TPSA) is 73.6 Å². The first kappa shape index (κ1) is 15.6. The zero-order valence-electron chi connectivity index (χ0n) is 12.7. The fraction of sp³-hybridized carbons (Fsp3) is 0.643. The van der Waals surface area contributed by atoms with Gasteiger partial charge in [0.2, 0.25) is 0 Å². The van der Waals surface area contributed by atoms with Crippen molar-refractivity contribution in [2.75, 3.05) is 25.1 Å². The first-order valence-electron chi connectivity index (χ1n) is 7.71. The molecule has 2 fully saturated rings. The van der Waals surface area contributed by atoms with Crippen molar-refractivity contribution in [1.29, 1.82) is 0 Å². The van der Waals surface area contributed by atoms with Crippen LogP contribution in [0.4, 0.5) is 19.0 Å². The number of alkyl halides is 3. The summed E-state index contributed by atoms with van der Waals surface area (Å²) in [5.41, 5.74) is -1.33. The number of halogens is 3. The third-order valence-electron chi connectivity index (χ3n) is 4.45. The van der Waals surface area contributed by atoms with Crippen LogP contribution in [0.3, 0.4) is 0 Å². The number of anilines is 1. The molecule has 0 aromatic carbocycles. The highest BCUT2D eigenvalue weighted by molar-refractivity contribution is 5.46. The number of nitrogens with one attached hydrogen (secondary N) is 1. The van der Waals surface area contributed by atoms with Crippen LogP contribution in [-0.2, 0) is 15.7 Å². The van der Waals surface area contributed by atoms with Crippen LogP contribution in [0.1, 0.15) is 25.0 Å². The number of rotatable bonds is 2. The van der Waals surface area contributed by atoms with Gasteiger partial charge in [-0.25, -0.2) is 4.98 Å². The summed E-state index contributed by atoms with van der Waals surface area (Å²) in [5.74, 6) is 0.143. The molecule has 130 valence electrons. The van der Waals surface area contributed by atoms with Crippen molar-refractivity contribution in [3.63, 3.8) is 0 Å². The van der Waals surface area contributed by atoms with Gasteiger partial charge in [-0.2, -0.15) is 27.8 Å². The van der Waals surface area contributed by atoms with Gasteiger partial charge in [0.25, 0.3) is 5.78 Å². The van der Waals surface area contributed by atoms with Gasteiger partial charge < -0.3 is 14.8 Å². The molecule has 0 aliphatic carbocycles. The highest BCUT2D eigenvalue weighted by atomic mass is 19.4. The molecule has 4 heterocycles. The molecule has 10 heteroatoms. The van der Waals surface area contributed by atoms with Gasteiger partial charge in [-0.1, -0.05) is 0 Å². The molecule has 2 aliphatic rings. The van der Waals surface area contributed by atoms with E-state index in [1.165, 1.54) is 10.8 Å². The SMILES string of the molecule is FC(F)(F)c1cc(N[C@@H]2CCO[C@]3(CCOC3)C2)n2ncnc2n1. The van der Waals surface area contributed by atoms with Crippen molar-refractivity contribution in [2.45, 2.75) is 37.1 Å². The van der Waals surface area contributed by atoms with Crippen molar-refractivity contribution < 1.29 is 22.6 Å². The Bertz CT molecular complexity index is 742. The van der Waals surface area contributed by atoms with Gasteiger partial charge >= 0.3 is 6.18 Å². The standard InChI is InChI=1S/C14H16F3N5O2/c15-14(16,17)10-5-11(22-12(21-10)18-8-19-22)20-9-1-3-24-13(6-9)2-4-23-7-13/h5,8-9,20H,1-4,6-7H2/t9-,13-/m1/s1.